The summed E-state index contributed by atoms with van der Waals surface area (Å²) in [5.41, 5.74) is 1.17. The van der Waals surface area contributed by atoms with Crippen molar-refractivity contribution in [3.63, 3.8) is 0 Å². The molecule has 0 aromatic heterocycles. The number of benzene rings is 1. The minimum absolute atomic E-state index is 0.0920. The highest BCUT2D eigenvalue weighted by atomic mass is 16.5. The van der Waals surface area contributed by atoms with Gasteiger partial charge in [-0.15, -0.1) is 0 Å². The van der Waals surface area contributed by atoms with E-state index in [1.165, 1.54) is 5.56 Å². The van der Waals surface area contributed by atoms with E-state index in [0.717, 1.165) is 25.7 Å². The van der Waals surface area contributed by atoms with Crippen LogP contribution in [0, 0.1) is 5.92 Å². The van der Waals surface area contributed by atoms with Crippen LogP contribution >= 0.6 is 0 Å². The van der Waals surface area contributed by atoms with E-state index in [1.54, 1.807) is 0 Å². The van der Waals surface area contributed by atoms with E-state index in [9.17, 15) is 9.59 Å². The van der Waals surface area contributed by atoms with Gasteiger partial charge in [0.25, 0.3) is 0 Å². The van der Waals surface area contributed by atoms with E-state index in [-0.39, 0.29) is 24.0 Å². The Labute approximate surface area is 176 Å². The molecule has 1 heterocycles. The van der Waals surface area contributed by atoms with Gasteiger partial charge in [-0.25, -0.2) is 0 Å². The Kier molecular flexibility index (Phi) is 9.15. The lowest BCUT2D eigenvalue weighted by atomic mass is 9.95. The Morgan fingerprint density at radius 2 is 1.86 bits per heavy atom. The van der Waals surface area contributed by atoms with Gasteiger partial charge in [0.15, 0.2) is 0 Å². The van der Waals surface area contributed by atoms with Crippen LogP contribution in [0.1, 0.15) is 65.9 Å². The SMILES string of the molecule is CCOC(=O)C(CCc1ccccc1)NC(C)C(=O)N1C(C)CC(CC)C1CC. The molecule has 1 aliphatic heterocycles. The zero-order valence-corrected chi connectivity index (χ0v) is 18.7. The molecule has 1 fully saturated rings. The minimum Gasteiger partial charge on any atom is -0.465 e. The maximum Gasteiger partial charge on any atom is 0.323 e. The zero-order chi connectivity index (χ0) is 21.4. The molecule has 1 amide bonds. The summed E-state index contributed by atoms with van der Waals surface area (Å²) in [6.07, 6.45) is 4.48. The number of rotatable bonds is 10. The number of nitrogens with zero attached hydrogens (tertiary/aromatic N) is 1. The standard InChI is InChI=1S/C24H38N2O3/c1-6-20-16-17(4)26(22(20)7-2)23(27)18(5)25-21(24(28)29-8-3)15-14-19-12-10-9-11-13-19/h9-13,17-18,20-22,25H,6-8,14-16H2,1-5H3. The molecule has 0 bridgehead atoms. The fourth-order valence-electron chi connectivity index (χ4n) is 4.68. The van der Waals surface area contributed by atoms with Gasteiger partial charge in [0.05, 0.1) is 12.6 Å². The van der Waals surface area contributed by atoms with E-state index < -0.39 is 12.1 Å². The van der Waals surface area contributed by atoms with Crippen LogP contribution in [0.5, 0.6) is 0 Å². The lowest BCUT2D eigenvalue weighted by Crippen LogP contribution is -2.54. The van der Waals surface area contributed by atoms with Crippen molar-refractivity contribution in [3.05, 3.63) is 35.9 Å². The van der Waals surface area contributed by atoms with Gasteiger partial charge in [0, 0.05) is 12.1 Å². The first-order chi connectivity index (χ1) is 13.9. The maximum absolute atomic E-state index is 13.3. The molecule has 1 aromatic rings. The van der Waals surface area contributed by atoms with Crippen LogP contribution in [0.4, 0.5) is 0 Å². The summed E-state index contributed by atoms with van der Waals surface area (Å²) in [7, 11) is 0. The molecule has 1 saturated heterocycles. The van der Waals surface area contributed by atoms with Crippen LogP contribution in [0.3, 0.4) is 0 Å². The first-order valence-corrected chi connectivity index (χ1v) is 11.2. The summed E-state index contributed by atoms with van der Waals surface area (Å²) in [6, 6.07) is 9.70. The Morgan fingerprint density at radius 3 is 2.45 bits per heavy atom. The molecule has 0 radical (unpaired) electrons. The second kappa shape index (κ2) is 11.3. The van der Waals surface area contributed by atoms with E-state index in [2.05, 4.69) is 43.1 Å². The number of ether oxygens (including phenoxy) is 1. The molecule has 1 aliphatic rings. The smallest absolute Gasteiger partial charge is 0.323 e. The topological polar surface area (TPSA) is 58.6 Å². The fraction of sp³-hybridized carbons (Fsp3) is 0.667. The molecule has 0 aliphatic carbocycles. The highest BCUT2D eigenvalue weighted by molar-refractivity contribution is 5.84. The van der Waals surface area contributed by atoms with Crippen LogP contribution in [0.2, 0.25) is 0 Å². The van der Waals surface area contributed by atoms with Gasteiger partial charge < -0.3 is 9.64 Å². The van der Waals surface area contributed by atoms with Gasteiger partial charge in [0.1, 0.15) is 6.04 Å². The van der Waals surface area contributed by atoms with Crippen LogP contribution in [-0.4, -0.2) is 47.6 Å². The number of hydrogen-bond donors (Lipinski definition) is 1. The number of esters is 1. The van der Waals surface area contributed by atoms with Gasteiger partial charge in [-0.2, -0.15) is 0 Å². The number of amides is 1. The molecule has 0 spiro atoms. The van der Waals surface area contributed by atoms with Gasteiger partial charge >= 0.3 is 5.97 Å². The lowest BCUT2D eigenvalue weighted by Gasteiger charge is -2.33. The Balaban J connectivity index is 2.06. The molecular weight excluding hydrogens is 364 g/mol. The van der Waals surface area contributed by atoms with Gasteiger partial charge in [-0.05, 0) is 57.9 Å². The van der Waals surface area contributed by atoms with Crippen LogP contribution in [0.25, 0.3) is 0 Å². The van der Waals surface area contributed by atoms with Crippen molar-refractivity contribution in [2.24, 2.45) is 5.92 Å². The lowest BCUT2D eigenvalue weighted by molar-refractivity contribution is -0.146. The Hall–Kier alpha value is -1.88. The summed E-state index contributed by atoms with van der Waals surface area (Å²) < 4.78 is 5.27. The predicted octanol–water partition coefficient (Wildman–Crippen LogP) is 3.95. The second-order valence-corrected chi connectivity index (χ2v) is 8.19. The number of carbonyl (C=O) groups excluding carboxylic acids is 2. The molecule has 2 rings (SSSR count). The number of hydrogen-bond acceptors (Lipinski definition) is 4. The van der Waals surface area contributed by atoms with E-state index >= 15 is 0 Å². The van der Waals surface area contributed by atoms with Crippen molar-refractivity contribution in [3.8, 4) is 0 Å². The third kappa shape index (κ3) is 6.05. The van der Waals surface area contributed by atoms with Crippen molar-refractivity contribution < 1.29 is 14.3 Å². The summed E-state index contributed by atoms with van der Waals surface area (Å²) in [4.78, 5) is 27.9. The summed E-state index contributed by atoms with van der Waals surface area (Å²) >= 11 is 0. The Morgan fingerprint density at radius 1 is 1.17 bits per heavy atom. The monoisotopic (exact) mass is 402 g/mol. The zero-order valence-electron chi connectivity index (χ0n) is 18.7. The predicted molar refractivity (Wildman–Crippen MR) is 117 cm³/mol. The molecule has 29 heavy (non-hydrogen) atoms. The van der Waals surface area contributed by atoms with Crippen LogP contribution in [0.15, 0.2) is 30.3 Å². The summed E-state index contributed by atoms with van der Waals surface area (Å²) in [5.74, 6) is 0.371. The third-order valence-electron chi connectivity index (χ3n) is 6.17. The molecule has 0 saturated carbocycles. The first-order valence-electron chi connectivity index (χ1n) is 11.2. The van der Waals surface area contributed by atoms with Crippen molar-refractivity contribution in [2.75, 3.05) is 6.61 Å². The van der Waals surface area contributed by atoms with E-state index in [1.807, 2.05) is 32.0 Å². The first kappa shape index (κ1) is 23.4. The molecule has 5 heteroatoms. The second-order valence-electron chi connectivity index (χ2n) is 8.19. The van der Waals surface area contributed by atoms with Gasteiger partial charge in [-0.3, -0.25) is 14.9 Å². The summed E-state index contributed by atoms with van der Waals surface area (Å²) in [6.45, 7) is 10.5. The molecule has 162 valence electrons. The largest absolute Gasteiger partial charge is 0.465 e. The number of aryl methyl sites for hydroxylation is 1. The molecule has 5 nitrogen and oxygen atoms in total. The van der Waals surface area contributed by atoms with Gasteiger partial charge in [-0.1, -0.05) is 50.6 Å². The van der Waals surface area contributed by atoms with E-state index in [0.29, 0.717) is 18.9 Å². The minimum atomic E-state index is -0.492. The number of likely N-dealkylation sites (tertiary alicyclic amines) is 1. The summed E-state index contributed by atoms with van der Waals surface area (Å²) in [5, 5.41) is 3.28. The van der Waals surface area contributed by atoms with E-state index in [4.69, 9.17) is 4.74 Å². The van der Waals surface area contributed by atoms with Crippen molar-refractivity contribution in [1.82, 2.24) is 10.2 Å². The maximum atomic E-state index is 13.3. The average molecular weight is 403 g/mol. The number of nitrogens with one attached hydrogen (secondary N) is 1. The Bertz CT molecular complexity index is 649. The van der Waals surface area contributed by atoms with Crippen molar-refractivity contribution in [2.45, 2.75) is 90.9 Å². The normalized spacial score (nSPS) is 23.6. The highest BCUT2D eigenvalue weighted by Gasteiger charge is 2.41. The van der Waals surface area contributed by atoms with Crippen LogP contribution < -0.4 is 5.32 Å². The molecule has 1 aromatic carbocycles. The molecular formula is C24H38N2O3. The quantitative estimate of drug-likeness (QED) is 0.602. The molecule has 5 atom stereocenters. The van der Waals surface area contributed by atoms with Crippen molar-refractivity contribution in [1.29, 1.82) is 0 Å². The van der Waals surface area contributed by atoms with Gasteiger partial charge in [0.2, 0.25) is 5.91 Å². The highest BCUT2D eigenvalue weighted by Crippen LogP contribution is 2.34. The third-order valence-corrected chi connectivity index (χ3v) is 6.17. The molecule has 1 N–H and O–H groups in total. The molecule has 5 unspecified atom stereocenters. The average Bonchev–Trinajstić information content (AvgIpc) is 3.06. The van der Waals surface area contributed by atoms with Crippen molar-refractivity contribution >= 4 is 11.9 Å². The van der Waals surface area contributed by atoms with Crippen LogP contribution in [-0.2, 0) is 20.7 Å². The number of carbonyl (C=O) groups is 2. The fourth-order valence-corrected chi connectivity index (χ4v) is 4.68.